The van der Waals surface area contributed by atoms with Crippen molar-refractivity contribution in [1.82, 2.24) is 0 Å². The quantitative estimate of drug-likeness (QED) is 0.428. The normalized spacial score (nSPS) is 11.4. The van der Waals surface area contributed by atoms with Crippen LogP contribution in [0.25, 0.3) is 0 Å². The molecular weight excluding hydrogens is 440 g/mol. The van der Waals surface area contributed by atoms with Gasteiger partial charge in [0.2, 0.25) is 0 Å². The molecule has 0 amide bonds. The van der Waals surface area contributed by atoms with E-state index in [2.05, 4.69) is 4.74 Å². The Morgan fingerprint density at radius 2 is 1.44 bits per heavy atom. The average molecular weight is 464 g/mol. The van der Waals surface area contributed by atoms with E-state index in [1.54, 1.807) is 24.3 Å². The summed E-state index contributed by atoms with van der Waals surface area (Å²) in [6, 6.07) is 22.5. The van der Waals surface area contributed by atoms with Crippen LogP contribution in [0.5, 0.6) is 11.5 Å². The van der Waals surface area contributed by atoms with Crippen molar-refractivity contribution in [3.05, 3.63) is 95.6 Å². The van der Waals surface area contributed by atoms with E-state index in [-0.39, 0.29) is 48.7 Å². The number of hydrogen-bond donors (Lipinski definition) is 1. The van der Waals surface area contributed by atoms with E-state index in [0.29, 0.717) is 6.42 Å². The molecule has 0 bridgehead atoms. The first kappa shape index (κ1) is 25.1. The van der Waals surface area contributed by atoms with E-state index >= 15 is 0 Å². The van der Waals surface area contributed by atoms with Crippen molar-refractivity contribution in [2.24, 2.45) is 5.73 Å². The standard InChI is InChI=1S/C24H23F2NO4.ClH/c25-24(26)31-21-13-7-12-20(29-16-19(27)14-17-8-3-1-4-9-17)22(21)23(28)30-15-18-10-5-2-6-11-18;/h1-13,19,24H,14-16,27H2;1H/t19-;/m1./s1. The van der Waals surface area contributed by atoms with E-state index in [9.17, 15) is 13.6 Å². The van der Waals surface area contributed by atoms with Crippen LogP contribution in [0.4, 0.5) is 8.78 Å². The summed E-state index contributed by atoms with van der Waals surface area (Å²) in [5.41, 5.74) is 7.74. The maximum atomic E-state index is 12.9. The highest BCUT2D eigenvalue weighted by Crippen LogP contribution is 2.31. The lowest BCUT2D eigenvalue weighted by molar-refractivity contribution is -0.0506. The molecule has 1 atom stereocenters. The van der Waals surface area contributed by atoms with Crippen molar-refractivity contribution in [1.29, 1.82) is 0 Å². The van der Waals surface area contributed by atoms with Crippen LogP contribution in [0.3, 0.4) is 0 Å². The molecule has 5 nitrogen and oxygen atoms in total. The second-order valence-corrected chi connectivity index (χ2v) is 6.83. The van der Waals surface area contributed by atoms with Crippen LogP contribution in [0.2, 0.25) is 0 Å². The number of hydrogen-bond acceptors (Lipinski definition) is 5. The van der Waals surface area contributed by atoms with Gasteiger partial charge in [0.1, 0.15) is 30.3 Å². The summed E-state index contributed by atoms with van der Waals surface area (Å²) in [4.78, 5) is 12.7. The van der Waals surface area contributed by atoms with Crippen LogP contribution in [0, 0.1) is 0 Å². The first-order valence-corrected chi connectivity index (χ1v) is 9.74. The Kier molecular flexibility index (Phi) is 9.91. The maximum absolute atomic E-state index is 12.9. The van der Waals surface area contributed by atoms with Gasteiger partial charge >= 0.3 is 12.6 Å². The molecule has 3 aromatic rings. The zero-order valence-corrected chi connectivity index (χ0v) is 18.0. The zero-order chi connectivity index (χ0) is 22.1. The molecule has 0 aliphatic rings. The topological polar surface area (TPSA) is 70.8 Å². The van der Waals surface area contributed by atoms with Crippen molar-refractivity contribution in [3.8, 4) is 11.5 Å². The van der Waals surface area contributed by atoms with E-state index in [4.69, 9.17) is 15.2 Å². The molecule has 2 N–H and O–H groups in total. The van der Waals surface area contributed by atoms with Crippen LogP contribution in [-0.4, -0.2) is 25.2 Å². The number of alkyl halides is 2. The SMILES string of the molecule is Cl.N[C@@H](COc1cccc(OC(F)F)c1C(=O)OCc1ccccc1)Cc1ccccc1. The molecule has 170 valence electrons. The predicted molar refractivity (Wildman–Crippen MR) is 119 cm³/mol. The van der Waals surface area contributed by atoms with Gasteiger partial charge in [0.25, 0.3) is 0 Å². The van der Waals surface area contributed by atoms with Crippen molar-refractivity contribution in [2.75, 3.05) is 6.61 Å². The summed E-state index contributed by atoms with van der Waals surface area (Å²) >= 11 is 0. The summed E-state index contributed by atoms with van der Waals surface area (Å²) in [5.74, 6) is -1.08. The molecular formula is C24H24ClF2NO4. The van der Waals surface area contributed by atoms with Crippen LogP contribution in [-0.2, 0) is 17.8 Å². The fraction of sp³-hybridized carbons (Fsp3) is 0.208. The summed E-state index contributed by atoms with van der Waals surface area (Å²) in [6.07, 6.45) is 0.557. The van der Waals surface area contributed by atoms with Crippen molar-refractivity contribution < 1.29 is 27.8 Å². The molecule has 0 spiro atoms. The molecule has 0 saturated heterocycles. The second-order valence-electron chi connectivity index (χ2n) is 6.83. The van der Waals surface area contributed by atoms with Gasteiger partial charge < -0.3 is 19.9 Å². The Labute approximate surface area is 191 Å². The number of rotatable bonds is 10. The van der Waals surface area contributed by atoms with Crippen LogP contribution < -0.4 is 15.2 Å². The van der Waals surface area contributed by atoms with Gasteiger partial charge in [-0.2, -0.15) is 8.78 Å². The largest absolute Gasteiger partial charge is 0.491 e. The number of carbonyl (C=O) groups is 1. The third kappa shape index (κ3) is 7.51. The number of halogens is 3. The lowest BCUT2D eigenvalue weighted by atomic mass is 10.1. The van der Waals surface area contributed by atoms with Gasteiger partial charge in [-0.1, -0.05) is 66.7 Å². The number of ether oxygens (including phenoxy) is 3. The Bertz CT molecular complexity index is 974. The van der Waals surface area contributed by atoms with Gasteiger partial charge in [-0.05, 0) is 29.7 Å². The van der Waals surface area contributed by atoms with Gasteiger partial charge in [0.15, 0.2) is 0 Å². The first-order chi connectivity index (χ1) is 15.0. The summed E-state index contributed by atoms with van der Waals surface area (Å²) in [5, 5.41) is 0. The van der Waals surface area contributed by atoms with Gasteiger partial charge in [0, 0.05) is 6.04 Å². The molecule has 0 aromatic heterocycles. The van der Waals surface area contributed by atoms with Gasteiger partial charge in [-0.15, -0.1) is 12.4 Å². The van der Waals surface area contributed by atoms with Crippen molar-refractivity contribution >= 4 is 18.4 Å². The molecule has 0 fully saturated rings. The van der Waals surface area contributed by atoms with E-state index in [0.717, 1.165) is 11.1 Å². The van der Waals surface area contributed by atoms with Crippen LogP contribution in [0.1, 0.15) is 21.5 Å². The molecule has 0 aliphatic carbocycles. The summed E-state index contributed by atoms with van der Waals surface area (Å²) in [7, 11) is 0. The number of nitrogens with two attached hydrogens (primary N) is 1. The smallest absolute Gasteiger partial charge is 0.387 e. The minimum atomic E-state index is -3.10. The molecule has 3 rings (SSSR count). The number of carbonyl (C=O) groups excluding carboxylic acids is 1. The molecule has 0 unspecified atom stereocenters. The average Bonchev–Trinajstić information content (AvgIpc) is 2.77. The maximum Gasteiger partial charge on any atom is 0.387 e. The highest BCUT2D eigenvalue weighted by molar-refractivity contribution is 5.95. The van der Waals surface area contributed by atoms with E-state index in [1.165, 1.54) is 18.2 Å². The molecule has 32 heavy (non-hydrogen) atoms. The highest BCUT2D eigenvalue weighted by atomic mass is 35.5. The van der Waals surface area contributed by atoms with Gasteiger partial charge in [-0.3, -0.25) is 0 Å². The Morgan fingerprint density at radius 3 is 2.06 bits per heavy atom. The zero-order valence-electron chi connectivity index (χ0n) is 17.2. The molecule has 0 radical (unpaired) electrons. The molecule has 8 heteroatoms. The summed E-state index contributed by atoms with van der Waals surface area (Å²) < 4.78 is 41.3. The van der Waals surface area contributed by atoms with E-state index in [1.807, 2.05) is 36.4 Å². The third-order valence-corrected chi connectivity index (χ3v) is 4.41. The molecule has 0 aliphatic heterocycles. The molecule has 0 saturated carbocycles. The number of esters is 1. The molecule has 3 aromatic carbocycles. The van der Waals surface area contributed by atoms with Crippen molar-refractivity contribution in [2.45, 2.75) is 25.7 Å². The monoisotopic (exact) mass is 463 g/mol. The summed E-state index contributed by atoms with van der Waals surface area (Å²) in [6.45, 7) is -3.04. The minimum absolute atomic E-state index is 0. The minimum Gasteiger partial charge on any atom is -0.491 e. The first-order valence-electron chi connectivity index (χ1n) is 9.74. The fourth-order valence-corrected chi connectivity index (χ4v) is 2.99. The lowest BCUT2D eigenvalue weighted by Crippen LogP contribution is -2.30. The Balaban J connectivity index is 0.00000363. The van der Waals surface area contributed by atoms with Gasteiger partial charge in [0.05, 0.1) is 0 Å². The second kappa shape index (κ2) is 12.6. The molecule has 0 heterocycles. The Morgan fingerprint density at radius 1 is 0.844 bits per heavy atom. The third-order valence-electron chi connectivity index (χ3n) is 4.41. The highest BCUT2D eigenvalue weighted by Gasteiger charge is 2.23. The van der Waals surface area contributed by atoms with Crippen LogP contribution in [0.15, 0.2) is 78.9 Å². The number of benzene rings is 3. The van der Waals surface area contributed by atoms with Crippen LogP contribution >= 0.6 is 12.4 Å². The van der Waals surface area contributed by atoms with Crippen molar-refractivity contribution in [3.63, 3.8) is 0 Å². The lowest BCUT2D eigenvalue weighted by Gasteiger charge is -2.17. The van der Waals surface area contributed by atoms with Gasteiger partial charge in [-0.25, -0.2) is 4.79 Å². The predicted octanol–water partition coefficient (Wildman–Crippen LogP) is 5.02. The fourth-order valence-electron chi connectivity index (χ4n) is 2.99. The Hall–Kier alpha value is -3.16. The van der Waals surface area contributed by atoms with E-state index < -0.39 is 12.6 Å².